The number of non-ortho nitro benzene ring substituents is 1. The predicted octanol–water partition coefficient (Wildman–Crippen LogP) is 6.74. The summed E-state index contributed by atoms with van der Waals surface area (Å²) in [6.45, 7) is 13.7. The standard InChI is InChI=1S/C22H31NO3Si/c1-16(2)27(17(3)4,18(5)6)26-22-13-9-20(10-14-22)15-19-7-11-21(12-8-19)23(24)25/h7-14,16-18H,15H2,1-6H3. The van der Waals surface area contributed by atoms with Crippen molar-refractivity contribution in [2.24, 2.45) is 0 Å². The highest BCUT2D eigenvalue weighted by Crippen LogP contribution is 2.42. The Hall–Kier alpha value is -2.14. The molecule has 0 N–H and O–H groups in total. The molecule has 4 nitrogen and oxygen atoms in total. The second kappa shape index (κ2) is 8.70. The van der Waals surface area contributed by atoms with E-state index in [0.717, 1.165) is 17.7 Å². The molecule has 0 bridgehead atoms. The van der Waals surface area contributed by atoms with E-state index in [1.54, 1.807) is 12.1 Å². The Morgan fingerprint density at radius 2 is 1.22 bits per heavy atom. The van der Waals surface area contributed by atoms with Gasteiger partial charge in [0.1, 0.15) is 5.75 Å². The van der Waals surface area contributed by atoms with E-state index in [1.807, 2.05) is 12.1 Å². The second-order valence-electron chi connectivity index (χ2n) is 8.16. The molecule has 0 unspecified atom stereocenters. The Morgan fingerprint density at radius 1 is 0.815 bits per heavy atom. The molecule has 0 aromatic heterocycles. The van der Waals surface area contributed by atoms with Gasteiger partial charge in [-0.05, 0) is 46.3 Å². The number of hydrogen-bond donors (Lipinski definition) is 0. The Bertz CT molecular complexity index is 730. The quantitative estimate of drug-likeness (QED) is 0.287. The normalized spacial score (nSPS) is 12.0. The molecule has 27 heavy (non-hydrogen) atoms. The number of nitro groups is 1. The highest BCUT2D eigenvalue weighted by Gasteiger charge is 2.46. The van der Waals surface area contributed by atoms with Crippen molar-refractivity contribution in [3.63, 3.8) is 0 Å². The van der Waals surface area contributed by atoms with Crippen molar-refractivity contribution in [3.05, 3.63) is 69.8 Å². The van der Waals surface area contributed by atoms with Gasteiger partial charge in [0.05, 0.1) is 4.92 Å². The van der Waals surface area contributed by atoms with E-state index in [4.69, 9.17) is 4.43 Å². The van der Waals surface area contributed by atoms with Gasteiger partial charge in [0.25, 0.3) is 14.0 Å². The van der Waals surface area contributed by atoms with Gasteiger partial charge in [-0.25, -0.2) is 0 Å². The Balaban J connectivity index is 2.15. The minimum absolute atomic E-state index is 0.125. The molecule has 0 aliphatic carbocycles. The average Bonchev–Trinajstić information content (AvgIpc) is 2.60. The summed E-state index contributed by atoms with van der Waals surface area (Å²) in [5.74, 6) is 0.949. The molecule has 146 valence electrons. The Kier molecular flexibility index (Phi) is 6.82. The maximum absolute atomic E-state index is 10.8. The van der Waals surface area contributed by atoms with Crippen LogP contribution in [0.3, 0.4) is 0 Å². The summed E-state index contributed by atoms with van der Waals surface area (Å²) in [4.78, 5) is 10.4. The number of nitro benzene ring substituents is 1. The van der Waals surface area contributed by atoms with E-state index in [9.17, 15) is 10.1 Å². The Labute approximate surface area is 163 Å². The zero-order valence-electron chi connectivity index (χ0n) is 17.2. The lowest BCUT2D eigenvalue weighted by Gasteiger charge is -2.42. The first kappa shape index (κ1) is 21.2. The van der Waals surface area contributed by atoms with Crippen molar-refractivity contribution in [2.75, 3.05) is 0 Å². The third-order valence-corrected chi connectivity index (χ3v) is 11.5. The van der Waals surface area contributed by atoms with Crippen molar-refractivity contribution in [1.82, 2.24) is 0 Å². The van der Waals surface area contributed by atoms with E-state index in [0.29, 0.717) is 16.6 Å². The van der Waals surface area contributed by atoms with Gasteiger partial charge in [-0.3, -0.25) is 10.1 Å². The smallest absolute Gasteiger partial charge is 0.269 e. The highest BCUT2D eigenvalue weighted by atomic mass is 28.4. The fraction of sp³-hybridized carbons (Fsp3) is 0.455. The lowest BCUT2D eigenvalue weighted by atomic mass is 10.0. The van der Waals surface area contributed by atoms with Crippen LogP contribution in [-0.2, 0) is 6.42 Å². The van der Waals surface area contributed by atoms with Gasteiger partial charge in [0, 0.05) is 12.1 Å². The molecular weight excluding hydrogens is 354 g/mol. The summed E-state index contributed by atoms with van der Waals surface area (Å²) in [5.41, 5.74) is 3.97. The fourth-order valence-electron chi connectivity index (χ4n) is 4.20. The first-order chi connectivity index (χ1) is 12.7. The SMILES string of the molecule is CC(C)[Si](Oc1ccc(Cc2ccc([N+](=O)[O-])cc2)cc1)(C(C)C)C(C)C. The van der Waals surface area contributed by atoms with Crippen LogP contribution in [0.15, 0.2) is 48.5 Å². The second-order valence-corrected chi connectivity index (χ2v) is 13.5. The molecule has 2 rings (SSSR count). The van der Waals surface area contributed by atoms with Crippen LogP contribution >= 0.6 is 0 Å². The van der Waals surface area contributed by atoms with Gasteiger partial charge in [-0.2, -0.15) is 0 Å². The van der Waals surface area contributed by atoms with Crippen molar-refractivity contribution in [1.29, 1.82) is 0 Å². The molecule has 0 saturated heterocycles. The van der Waals surface area contributed by atoms with Gasteiger partial charge >= 0.3 is 0 Å². The molecule has 0 saturated carbocycles. The molecule has 0 amide bonds. The maximum atomic E-state index is 10.8. The summed E-state index contributed by atoms with van der Waals surface area (Å²) >= 11 is 0. The van der Waals surface area contributed by atoms with Crippen molar-refractivity contribution in [3.8, 4) is 5.75 Å². The van der Waals surface area contributed by atoms with Gasteiger partial charge in [0.15, 0.2) is 0 Å². The zero-order valence-corrected chi connectivity index (χ0v) is 18.2. The third-order valence-electron chi connectivity index (χ3n) is 5.48. The van der Waals surface area contributed by atoms with Crippen LogP contribution in [0, 0.1) is 10.1 Å². The van der Waals surface area contributed by atoms with E-state index in [2.05, 4.69) is 65.8 Å². The van der Waals surface area contributed by atoms with E-state index < -0.39 is 8.32 Å². The van der Waals surface area contributed by atoms with Crippen LogP contribution in [0.25, 0.3) is 0 Å². The molecule has 0 aliphatic rings. The Morgan fingerprint density at radius 3 is 1.59 bits per heavy atom. The van der Waals surface area contributed by atoms with Gasteiger partial charge in [-0.1, -0.05) is 65.8 Å². The zero-order chi connectivity index (χ0) is 20.2. The number of benzene rings is 2. The first-order valence-corrected chi connectivity index (χ1v) is 11.8. The van der Waals surface area contributed by atoms with E-state index >= 15 is 0 Å². The van der Waals surface area contributed by atoms with Crippen LogP contribution in [0.4, 0.5) is 5.69 Å². The minimum Gasteiger partial charge on any atom is -0.543 e. The van der Waals surface area contributed by atoms with Gasteiger partial charge in [0.2, 0.25) is 0 Å². The number of nitrogens with zero attached hydrogens (tertiary/aromatic N) is 1. The molecule has 0 atom stereocenters. The summed E-state index contributed by atoms with van der Waals surface area (Å²) in [6, 6.07) is 15.1. The molecular formula is C22H31NO3Si. The third kappa shape index (κ3) is 4.77. The maximum Gasteiger partial charge on any atom is 0.269 e. The fourth-order valence-corrected chi connectivity index (χ4v) is 9.46. The molecule has 0 radical (unpaired) electrons. The molecule has 0 heterocycles. The van der Waals surface area contributed by atoms with Crippen LogP contribution in [0.1, 0.15) is 52.7 Å². The molecule has 0 aliphatic heterocycles. The van der Waals surface area contributed by atoms with E-state index in [-0.39, 0.29) is 10.6 Å². The van der Waals surface area contributed by atoms with Crippen molar-refractivity contribution in [2.45, 2.75) is 64.6 Å². The van der Waals surface area contributed by atoms with Gasteiger partial charge < -0.3 is 4.43 Å². The highest BCUT2D eigenvalue weighted by molar-refractivity contribution is 6.78. The van der Waals surface area contributed by atoms with Crippen LogP contribution < -0.4 is 4.43 Å². The van der Waals surface area contributed by atoms with Gasteiger partial charge in [-0.15, -0.1) is 0 Å². The summed E-state index contributed by atoms with van der Waals surface area (Å²) in [7, 11) is -1.94. The topological polar surface area (TPSA) is 52.4 Å². The van der Waals surface area contributed by atoms with Crippen LogP contribution in [-0.4, -0.2) is 13.2 Å². The molecule has 2 aromatic carbocycles. The predicted molar refractivity (Wildman–Crippen MR) is 114 cm³/mol. The summed E-state index contributed by atoms with van der Waals surface area (Å²) in [6.07, 6.45) is 0.749. The molecule has 0 fully saturated rings. The number of rotatable bonds is 8. The van der Waals surface area contributed by atoms with Crippen molar-refractivity contribution < 1.29 is 9.35 Å². The lowest BCUT2D eigenvalue weighted by molar-refractivity contribution is -0.384. The summed E-state index contributed by atoms with van der Waals surface area (Å²) in [5, 5.41) is 10.8. The average molecular weight is 386 g/mol. The monoisotopic (exact) mass is 385 g/mol. The lowest BCUT2D eigenvalue weighted by Crippen LogP contribution is -2.50. The van der Waals surface area contributed by atoms with Crippen molar-refractivity contribution >= 4 is 14.0 Å². The minimum atomic E-state index is -1.94. The molecule has 2 aromatic rings. The molecule has 0 spiro atoms. The largest absolute Gasteiger partial charge is 0.543 e. The van der Waals surface area contributed by atoms with Crippen LogP contribution in [0.5, 0.6) is 5.75 Å². The van der Waals surface area contributed by atoms with Crippen LogP contribution in [0.2, 0.25) is 16.6 Å². The van der Waals surface area contributed by atoms with E-state index in [1.165, 1.54) is 5.56 Å². The first-order valence-electron chi connectivity index (χ1n) is 9.68. The molecule has 5 heteroatoms. The summed E-state index contributed by atoms with van der Waals surface area (Å²) < 4.78 is 6.70. The number of hydrogen-bond acceptors (Lipinski definition) is 3.